The first-order valence-corrected chi connectivity index (χ1v) is 8.96. The van der Waals surface area contributed by atoms with Crippen LogP contribution >= 0.6 is 0 Å². The number of aliphatic hydroxyl groups excluding tert-OH is 1. The molecule has 6 nitrogen and oxygen atoms in total. The number of hydrogen-bond acceptors (Lipinski definition) is 5. The molecule has 1 saturated heterocycles. The van der Waals surface area contributed by atoms with Crippen LogP contribution in [0.3, 0.4) is 0 Å². The molecule has 2 fully saturated rings. The zero-order valence-electron chi connectivity index (χ0n) is 14.4. The van der Waals surface area contributed by atoms with Crippen molar-refractivity contribution in [3.05, 3.63) is 29.8 Å². The van der Waals surface area contributed by atoms with Gasteiger partial charge in [0.25, 0.3) is 5.91 Å². The lowest BCUT2D eigenvalue weighted by Crippen LogP contribution is -2.54. The predicted octanol–water partition coefficient (Wildman–Crippen LogP) is 1.19. The van der Waals surface area contributed by atoms with Crippen LogP contribution in [0.2, 0.25) is 0 Å². The first-order chi connectivity index (χ1) is 12.2. The van der Waals surface area contributed by atoms with Gasteiger partial charge in [-0.1, -0.05) is 12.1 Å². The topological polar surface area (TPSA) is 76.8 Å². The SMILES string of the molecule is N#CCc1ccc(OCC(=O)N2CCN([C@H]3CCC[C@H]3O)CC2)cc1. The quantitative estimate of drug-likeness (QED) is 0.869. The van der Waals surface area contributed by atoms with Crippen LogP contribution in [0.15, 0.2) is 24.3 Å². The Morgan fingerprint density at radius 1 is 1.20 bits per heavy atom. The molecular formula is C19H25N3O3. The number of nitrogens with zero attached hydrogens (tertiary/aromatic N) is 3. The summed E-state index contributed by atoms with van der Waals surface area (Å²) in [4.78, 5) is 16.5. The van der Waals surface area contributed by atoms with E-state index in [1.54, 1.807) is 12.1 Å². The highest BCUT2D eigenvalue weighted by Crippen LogP contribution is 2.25. The number of hydrogen-bond donors (Lipinski definition) is 1. The predicted molar refractivity (Wildman–Crippen MR) is 93.1 cm³/mol. The molecule has 1 aliphatic heterocycles. The zero-order chi connectivity index (χ0) is 17.6. The monoisotopic (exact) mass is 343 g/mol. The van der Waals surface area contributed by atoms with Gasteiger partial charge in [-0.25, -0.2) is 0 Å². The van der Waals surface area contributed by atoms with E-state index < -0.39 is 0 Å². The van der Waals surface area contributed by atoms with Crippen LogP contribution in [0.1, 0.15) is 24.8 Å². The van der Waals surface area contributed by atoms with E-state index >= 15 is 0 Å². The molecule has 1 aliphatic carbocycles. The lowest BCUT2D eigenvalue weighted by atomic mass is 10.1. The number of aliphatic hydroxyl groups is 1. The van der Waals surface area contributed by atoms with Crippen LogP contribution in [-0.2, 0) is 11.2 Å². The molecule has 0 unspecified atom stereocenters. The third kappa shape index (κ3) is 4.50. The molecule has 0 aromatic heterocycles. The highest BCUT2D eigenvalue weighted by atomic mass is 16.5. The van der Waals surface area contributed by atoms with Gasteiger partial charge in [0.2, 0.25) is 0 Å². The molecule has 6 heteroatoms. The van der Waals surface area contributed by atoms with Crippen LogP contribution in [0.5, 0.6) is 5.75 Å². The summed E-state index contributed by atoms with van der Waals surface area (Å²) in [6.07, 6.45) is 3.20. The van der Waals surface area contributed by atoms with E-state index in [0.29, 0.717) is 25.3 Å². The van der Waals surface area contributed by atoms with Crippen molar-refractivity contribution in [3.8, 4) is 11.8 Å². The number of amides is 1. The summed E-state index contributed by atoms with van der Waals surface area (Å²) >= 11 is 0. The maximum atomic E-state index is 12.3. The van der Waals surface area contributed by atoms with Gasteiger partial charge in [0.15, 0.2) is 6.61 Å². The Balaban J connectivity index is 1.42. The van der Waals surface area contributed by atoms with Crippen LogP contribution in [0, 0.1) is 11.3 Å². The van der Waals surface area contributed by atoms with E-state index in [1.807, 2.05) is 17.0 Å². The van der Waals surface area contributed by atoms with E-state index in [1.165, 1.54) is 0 Å². The minimum absolute atomic E-state index is 0.00674. The number of carbonyl (C=O) groups is 1. The molecule has 25 heavy (non-hydrogen) atoms. The number of benzene rings is 1. The molecule has 1 aromatic carbocycles. The van der Waals surface area contributed by atoms with Crippen molar-refractivity contribution < 1.29 is 14.6 Å². The second kappa shape index (κ2) is 8.32. The van der Waals surface area contributed by atoms with Gasteiger partial charge in [-0.2, -0.15) is 5.26 Å². The molecular weight excluding hydrogens is 318 g/mol. The first kappa shape index (κ1) is 17.7. The number of piperazine rings is 1. The molecule has 0 spiro atoms. The number of carbonyl (C=O) groups excluding carboxylic acids is 1. The van der Waals surface area contributed by atoms with Gasteiger partial charge in [-0.05, 0) is 37.0 Å². The molecule has 1 N–H and O–H groups in total. The second-order valence-corrected chi connectivity index (χ2v) is 6.75. The standard InChI is InChI=1S/C19H25N3O3/c20-9-8-15-4-6-16(7-5-15)25-14-19(24)22-12-10-21(11-13-22)17-2-1-3-18(17)23/h4-7,17-18,23H,1-3,8,10-14H2/t17-,18+/m0/s1. The maximum Gasteiger partial charge on any atom is 0.260 e. The molecule has 2 atom stereocenters. The molecule has 0 radical (unpaired) electrons. The summed E-state index contributed by atoms with van der Waals surface area (Å²) in [5, 5.41) is 18.7. The summed E-state index contributed by atoms with van der Waals surface area (Å²) in [5.74, 6) is 0.635. The van der Waals surface area contributed by atoms with Crippen molar-refractivity contribution in [3.63, 3.8) is 0 Å². The molecule has 1 aromatic rings. The van der Waals surface area contributed by atoms with Crippen molar-refractivity contribution in [2.75, 3.05) is 32.8 Å². The zero-order valence-corrected chi connectivity index (χ0v) is 14.4. The largest absolute Gasteiger partial charge is 0.484 e. The minimum atomic E-state index is -0.213. The Labute approximate surface area is 148 Å². The first-order valence-electron chi connectivity index (χ1n) is 8.96. The maximum absolute atomic E-state index is 12.3. The van der Waals surface area contributed by atoms with Crippen molar-refractivity contribution in [2.45, 2.75) is 37.8 Å². The van der Waals surface area contributed by atoms with Crippen LogP contribution in [-0.4, -0.2) is 65.7 Å². The highest BCUT2D eigenvalue weighted by molar-refractivity contribution is 5.77. The van der Waals surface area contributed by atoms with Crippen LogP contribution in [0.25, 0.3) is 0 Å². The lowest BCUT2D eigenvalue weighted by Gasteiger charge is -2.39. The fraction of sp³-hybridized carbons (Fsp3) is 0.579. The van der Waals surface area contributed by atoms with Gasteiger partial charge in [0.1, 0.15) is 5.75 Å². The van der Waals surface area contributed by atoms with Crippen molar-refractivity contribution >= 4 is 5.91 Å². The normalized spacial score (nSPS) is 24.1. The Morgan fingerprint density at radius 3 is 2.52 bits per heavy atom. The smallest absolute Gasteiger partial charge is 0.260 e. The van der Waals surface area contributed by atoms with Crippen LogP contribution < -0.4 is 4.74 Å². The second-order valence-electron chi connectivity index (χ2n) is 6.75. The third-order valence-electron chi connectivity index (χ3n) is 5.15. The van der Waals surface area contributed by atoms with Crippen molar-refractivity contribution in [1.82, 2.24) is 9.80 Å². The lowest BCUT2D eigenvalue weighted by molar-refractivity contribution is -0.135. The average Bonchev–Trinajstić information content (AvgIpc) is 3.07. The van der Waals surface area contributed by atoms with Gasteiger partial charge in [-0.15, -0.1) is 0 Å². The van der Waals surface area contributed by atoms with E-state index in [2.05, 4.69) is 11.0 Å². The van der Waals surface area contributed by atoms with E-state index in [0.717, 1.165) is 37.9 Å². The van der Waals surface area contributed by atoms with Gasteiger partial charge < -0.3 is 14.7 Å². The fourth-order valence-electron chi connectivity index (χ4n) is 3.68. The van der Waals surface area contributed by atoms with Gasteiger partial charge >= 0.3 is 0 Å². The molecule has 2 aliphatic rings. The van der Waals surface area contributed by atoms with E-state index in [-0.39, 0.29) is 24.7 Å². The Hall–Kier alpha value is -2.10. The van der Waals surface area contributed by atoms with Gasteiger partial charge in [0.05, 0.1) is 18.6 Å². The Morgan fingerprint density at radius 2 is 1.92 bits per heavy atom. The Bertz CT molecular complexity index is 618. The molecule has 134 valence electrons. The van der Waals surface area contributed by atoms with Gasteiger partial charge in [-0.3, -0.25) is 9.69 Å². The summed E-state index contributed by atoms with van der Waals surface area (Å²) in [7, 11) is 0. The number of rotatable bonds is 5. The third-order valence-corrected chi connectivity index (χ3v) is 5.15. The highest BCUT2D eigenvalue weighted by Gasteiger charge is 2.33. The average molecular weight is 343 g/mol. The minimum Gasteiger partial charge on any atom is -0.484 e. The summed E-state index contributed by atoms with van der Waals surface area (Å²) in [6.45, 7) is 3.04. The van der Waals surface area contributed by atoms with E-state index in [4.69, 9.17) is 10.00 Å². The number of nitriles is 1. The summed E-state index contributed by atoms with van der Waals surface area (Å²) in [5.41, 5.74) is 0.936. The van der Waals surface area contributed by atoms with Crippen molar-refractivity contribution in [1.29, 1.82) is 5.26 Å². The number of ether oxygens (including phenoxy) is 1. The van der Waals surface area contributed by atoms with E-state index in [9.17, 15) is 9.90 Å². The van der Waals surface area contributed by atoms with Crippen molar-refractivity contribution in [2.24, 2.45) is 0 Å². The molecule has 0 bridgehead atoms. The molecule has 3 rings (SSSR count). The van der Waals surface area contributed by atoms with Gasteiger partial charge in [0, 0.05) is 32.2 Å². The summed E-state index contributed by atoms with van der Waals surface area (Å²) in [6, 6.07) is 9.63. The summed E-state index contributed by atoms with van der Waals surface area (Å²) < 4.78 is 5.57. The van der Waals surface area contributed by atoms with Crippen LogP contribution in [0.4, 0.5) is 0 Å². The molecule has 1 amide bonds. The molecule has 1 saturated carbocycles. The molecule has 1 heterocycles. The Kier molecular flexibility index (Phi) is 5.90. The fourth-order valence-corrected chi connectivity index (χ4v) is 3.68.